The number of halogens is 1. The summed E-state index contributed by atoms with van der Waals surface area (Å²) in [5, 5.41) is 0. The Morgan fingerprint density at radius 3 is 2.83 bits per heavy atom. The van der Waals surface area contributed by atoms with E-state index in [9.17, 15) is 0 Å². The Balaban J connectivity index is 1.85. The minimum Gasteiger partial charge on any atom is -0.384 e. The van der Waals surface area contributed by atoms with Gasteiger partial charge in [-0.2, -0.15) is 0 Å². The fourth-order valence-electron chi connectivity index (χ4n) is 2.67. The van der Waals surface area contributed by atoms with Crippen LogP contribution in [0.15, 0.2) is 34.8 Å². The number of morpholine rings is 1. The number of hydrogen-bond donors (Lipinski definition) is 1. The highest BCUT2D eigenvalue weighted by molar-refractivity contribution is 9.10. The van der Waals surface area contributed by atoms with Crippen LogP contribution in [0, 0.1) is 0 Å². The maximum absolute atomic E-state index is 5.96. The second kappa shape index (κ2) is 6.84. The van der Waals surface area contributed by atoms with Crippen molar-refractivity contribution in [3.63, 3.8) is 0 Å². The summed E-state index contributed by atoms with van der Waals surface area (Å²) in [6.45, 7) is 6.35. The Hall–Kier alpha value is -1.66. The third-order valence-corrected chi connectivity index (χ3v) is 4.63. The number of hydrogen-bond acceptors (Lipinski definition) is 5. The van der Waals surface area contributed by atoms with Gasteiger partial charge in [0.2, 0.25) is 0 Å². The fourth-order valence-corrected chi connectivity index (χ4v) is 3.21. The van der Waals surface area contributed by atoms with Gasteiger partial charge in [-0.05, 0) is 11.6 Å². The molecule has 1 saturated heterocycles. The molecular formula is C17H21BrN4O. The standard InChI is InChI=1S/C17H21BrN4O/c1-11(2)17-20-15(19)9-16(21-17)22-7-8-23-14(10-22)12-5-3-4-6-13(12)18/h3-6,9,11,14H,7-8,10H2,1-2H3,(H2,19,20,21)/t14-/m0/s1. The Labute approximate surface area is 145 Å². The summed E-state index contributed by atoms with van der Waals surface area (Å²) in [6.07, 6.45) is 0.0121. The molecule has 6 heteroatoms. The molecule has 2 N–H and O–H groups in total. The number of rotatable bonds is 3. The minimum atomic E-state index is 0.0121. The summed E-state index contributed by atoms with van der Waals surface area (Å²) < 4.78 is 7.02. The lowest BCUT2D eigenvalue weighted by Crippen LogP contribution is -2.39. The lowest BCUT2D eigenvalue weighted by molar-refractivity contribution is 0.0390. The molecule has 2 heterocycles. The molecule has 1 aromatic heterocycles. The first-order chi connectivity index (χ1) is 11.0. The van der Waals surface area contributed by atoms with E-state index < -0.39 is 0 Å². The molecule has 0 aliphatic carbocycles. The zero-order chi connectivity index (χ0) is 16.4. The molecule has 2 aromatic rings. The van der Waals surface area contributed by atoms with E-state index in [1.807, 2.05) is 24.3 Å². The van der Waals surface area contributed by atoms with Crippen LogP contribution in [0.2, 0.25) is 0 Å². The SMILES string of the molecule is CC(C)c1nc(N)cc(N2CCO[C@H](c3ccccc3Br)C2)n1. The molecule has 1 fully saturated rings. The third-order valence-electron chi connectivity index (χ3n) is 3.91. The van der Waals surface area contributed by atoms with Crippen LogP contribution >= 0.6 is 15.9 Å². The molecule has 0 radical (unpaired) electrons. The first-order valence-electron chi connectivity index (χ1n) is 7.80. The largest absolute Gasteiger partial charge is 0.384 e. The number of nitrogens with zero attached hydrogens (tertiary/aromatic N) is 3. The zero-order valence-corrected chi connectivity index (χ0v) is 15.0. The Kier molecular flexibility index (Phi) is 4.82. The predicted molar refractivity (Wildman–Crippen MR) is 95.6 cm³/mol. The van der Waals surface area contributed by atoms with Crippen molar-refractivity contribution in [2.75, 3.05) is 30.3 Å². The van der Waals surface area contributed by atoms with Gasteiger partial charge in [-0.1, -0.05) is 48.0 Å². The quantitative estimate of drug-likeness (QED) is 0.887. The molecule has 1 aromatic carbocycles. The molecule has 23 heavy (non-hydrogen) atoms. The average Bonchev–Trinajstić information content (AvgIpc) is 2.55. The molecule has 0 spiro atoms. The van der Waals surface area contributed by atoms with E-state index >= 15 is 0 Å². The zero-order valence-electron chi connectivity index (χ0n) is 13.4. The third kappa shape index (κ3) is 3.64. The van der Waals surface area contributed by atoms with Gasteiger partial charge in [0.05, 0.1) is 6.61 Å². The highest BCUT2D eigenvalue weighted by atomic mass is 79.9. The summed E-state index contributed by atoms with van der Waals surface area (Å²) in [5.41, 5.74) is 7.11. The van der Waals surface area contributed by atoms with Crippen molar-refractivity contribution in [2.24, 2.45) is 0 Å². The monoisotopic (exact) mass is 376 g/mol. The van der Waals surface area contributed by atoms with Gasteiger partial charge in [-0.25, -0.2) is 9.97 Å². The van der Waals surface area contributed by atoms with Crippen molar-refractivity contribution in [2.45, 2.75) is 25.9 Å². The lowest BCUT2D eigenvalue weighted by atomic mass is 10.1. The molecule has 0 unspecified atom stereocenters. The van der Waals surface area contributed by atoms with Crippen molar-refractivity contribution in [3.05, 3.63) is 46.2 Å². The van der Waals surface area contributed by atoms with Crippen LogP contribution in [0.4, 0.5) is 11.6 Å². The molecule has 1 aliphatic heterocycles. The molecular weight excluding hydrogens is 356 g/mol. The van der Waals surface area contributed by atoms with Crippen molar-refractivity contribution in [1.82, 2.24) is 9.97 Å². The van der Waals surface area contributed by atoms with Crippen LogP contribution in [0.3, 0.4) is 0 Å². The number of nitrogen functional groups attached to an aromatic ring is 1. The van der Waals surface area contributed by atoms with E-state index in [1.165, 1.54) is 0 Å². The van der Waals surface area contributed by atoms with Crippen LogP contribution in [0.25, 0.3) is 0 Å². The van der Waals surface area contributed by atoms with Gasteiger partial charge in [0.25, 0.3) is 0 Å². The predicted octanol–water partition coefficient (Wildman–Crippen LogP) is 3.52. The number of anilines is 2. The smallest absolute Gasteiger partial charge is 0.135 e. The Morgan fingerprint density at radius 1 is 1.30 bits per heavy atom. The van der Waals surface area contributed by atoms with E-state index in [1.54, 1.807) is 0 Å². The molecule has 1 atom stereocenters. The van der Waals surface area contributed by atoms with Crippen molar-refractivity contribution >= 4 is 27.6 Å². The van der Waals surface area contributed by atoms with Gasteiger partial charge in [0, 0.05) is 29.5 Å². The number of benzene rings is 1. The van der Waals surface area contributed by atoms with Gasteiger partial charge in [0.1, 0.15) is 23.6 Å². The van der Waals surface area contributed by atoms with Crippen LogP contribution in [0.1, 0.15) is 37.3 Å². The van der Waals surface area contributed by atoms with Gasteiger partial charge in [0.15, 0.2) is 0 Å². The highest BCUT2D eigenvalue weighted by Crippen LogP contribution is 2.30. The normalized spacial score (nSPS) is 18.4. The number of nitrogens with two attached hydrogens (primary N) is 1. The van der Waals surface area contributed by atoms with Crippen LogP contribution in [-0.4, -0.2) is 29.7 Å². The fraction of sp³-hybridized carbons (Fsp3) is 0.412. The van der Waals surface area contributed by atoms with Crippen molar-refractivity contribution < 1.29 is 4.74 Å². The molecule has 122 valence electrons. The van der Waals surface area contributed by atoms with E-state index in [4.69, 9.17) is 10.5 Å². The van der Waals surface area contributed by atoms with Crippen LogP contribution in [0.5, 0.6) is 0 Å². The van der Waals surface area contributed by atoms with Crippen LogP contribution < -0.4 is 10.6 Å². The number of ether oxygens (including phenoxy) is 1. The minimum absolute atomic E-state index is 0.0121. The van der Waals surface area contributed by atoms with Gasteiger partial charge >= 0.3 is 0 Å². The summed E-state index contributed by atoms with van der Waals surface area (Å²) in [6, 6.07) is 10.0. The van der Waals surface area contributed by atoms with Gasteiger partial charge in [-0.3, -0.25) is 0 Å². The van der Waals surface area contributed by atoms with Crippen molar-refractivity contribution in [1.29, 1.82) is 0 Å². The van der Waals surface area contributed by atoms with E-state index in [-0.39, 0.29) is 12.0 Å². The molecule has 1 aliphatic rings. The Bertz CT molecular complexity index is 692. The van der Waals surface area contributed by atoms with E-state index in [0.717, 1.165) is 34.8 Å². The topological polar surface area (TPSA) is 64.3 Å². The first-order valence-corrected chi connectivity index (χ1v) is 8.59. The van der Waals surface area contributed by atoms with Gasteiger partial charge in [-0.15, -0.1) is 0 Å². The molecule has 0 bridgehead atoms. The molecule has 0 saturated carbocycles. The van der Waals surface area contributed by atoms with Gasteiger partial charge < -0.3 is 15.4 Å². The van der Waals surface area contributed by atoms with Crippen LogP contribution in [-0.2, 0) is 4.74 Å². The molecule has 0 amide bonds. The Morgan fingerprint density at radius 2 is 2.09 bits per heavy atom. The summed E-state index contributed by atoms with van der Waals surface area (Å²) in [7, 11) is 0. The molecule has 5 nitrogen and oxygen atoms in total. The second-order valence-corrected chi connectivity index (χ2v) is 6.85. The first kappa shape index (κ1) is 16.2. The van der Waals surface area contributed by atoms with E-state index in [2.05, 4.69) is 50.7 Å². The summed E-state index contributed by atoms with van der Waals surface area (Å²) in [5.74, 6) is 2.42. The highest BCUT2D eigenvalue weighted by Gasteiger charge is 2.25. The van der Waals surface area contributed by atoms with E-state index in [0.29, 0.717) is 12.4 Å². The maximum atomic E-state index is 5.96. The summed E-state index contributed by atoms with van der Waals surface area (Å²) >= 11 is 3.61. The second-order valence-electron chi connectivity index (χ2n) is 5.99. The van der Waals surface area contributed by atoms with Crippen molar-refractivity contribution in [3.8, 4) is 0 Å². The average molecular weight is 377 g/mol. The lowest BCUT2D eigenvalue weighted by Gasteiger charge is -2.34. The number of aromatic nitrogens is 2. The summed E-state index contributed by atoms with van der Waals surface area (Å²) in [4.78, 5) is 11.2. The molecule has 3 rings (SSSR count). The maximum Gasteiger partial charge on any atom is 0.135 e.